The van der Waals surface area contributed by atoms with Crippen LogP contribution in [-0.4, -0.2) is 53.1 Å². The molecule has 0 aliphatic heterocycles. The molecule has 0 bridgehead atoms. The quantitative estimate of drug-likeness (QED) is 0.171. The van der Waals surface area contributed by atoms with E-state index in [2.05, 4.69) is 16.8 Å². The monoisotopic (exact) mass is 487 g/mol. The molecule has 0 aliphatic carbocycles. The van der Waals surface area contributed by atoms with Crippen molar-refractivity contribution in [1.82, 2.24) is 14.8 Å². The Balaban J connectivity index is 1.61. The number of halogens is 1. The molecule has 0 N–H and O–H groups in total. The molecule has 0 fully saturated rings. The van der Waals surface area contributed by atoms with Crippen LogP contribution in [0.15, 0.2) is 60.3 Å². The zero-order chi connectivity index (χ0) is 23.8. The van der Waals surface area contributed by atoms with Crippen molar-refractivity contribution in [1.29, 1.82) is 0 Å². The summed E-state index contributed by atoms with van der Waals surface area (Å²) < 4.78 is 17.3. The van der Waals surface area contributed by atoms with Crippen molar-refractivity contribution in [2.75, 3.05) is 26.6 Å². The normalized spacial score (nSPS) is 10.5. The molecule has 8 nitrogen and oxygen atoms in total. The molecule has 33 heavy (non-hydrogen) atoms. The van der Waals surface area contributed by atoms with Gasteiger partial charge in [-0.2, -0.15) is 0 Å². The van der Waals surface area contributed by atoms with Crippen LogP contribution in [0, 0.1) is 0 Å². The van der Waals surface area contributed by atoms with Crippen LogP contribution in [0.4, 0.5) is 0 Å². The summed E-state index contributed by atoms with van der Waals surface area (Å²) >= 11 is 7.12. The van der Waals surface area contributed by atoms with E-state index in [-0.39, 0.29) is 11.5 Å². The maximum atomic E-state index is 12.5. The summed E-state index contributed by atoms with van der Waals surface area (Å²) in [5.41, 5.74) is 1.14. The Hall–Kier alpha value is -3.30. The van der Waals surface area contributed by atoms with E-state index in [9.17, 15) is 9.59 Å². The highest BCUT2D eigenvalue weighted by Crippen LogP contribution is 2.26. The molecular formula is C23H22ClN3O5S. The smallest absolute Gasteiger partial charge is 0.316 e. The number of carbonyl (C=O) groups is 2. The lowest BCUT2D eigenvalue weighted by Gasteiger charge is -2.10. The average Bonchev–Trinajstić information content (AvgIpc) is 3.23. The number of hydrogen-bond donors (Lipinski definition) is 0. The molecule has 0 unspecified atom stereocenters. The number of Topliss-reactive ketones (excluding diaryl/α,β-unsaturated/α-hetero) is 1. The Morgan fingerprint density at radius 3 is 2.55 bits per heavy atom. The van der Waals surface area contributed by atoms with Crippen molar-refractivity contribution in [2.45, 2.75) is 11.7 Å². The number of nitrogens with zero attached hydrogens (tertiary/aromatic N) is 3. The van der Waals surface area contributed by atoms with E-state index in [1.54, 1.807) is 36.4 Å². The summed E-state index contributed by atoms with van der Waals surface area (Å²) in [6.07, 6.45) is 1.71. The van der Waals surface area contributed by atoms with Gasteiger partial charge in [0, 0.05) is 23.2 Å². The summed E-state index contributed by atoms with van der Waals surface area (Å²) in [5, 5.41) is 9.56. The van der Waals surface area contributed by atoms with Crippen molar-refractivity contribution in [2.24, 2.45) is 0 Å². The maximum absolute atomic E-state index is 12.5. The third kappa shape index (κ3) is 6.15. The Bertz CT molecular complexity index is 1150. The molecule has 3 aromatic rings. The number of methoxy groups -OCH3 is 2. The first kappa shape index (κ1) is 24.3. The first-order valence-corrected chi connectivity index (χ1v) is 11.2. The van der Waals surface area contributed by atoms with E-state index >= 15 is 0 Å². The number of thioether (sulfide) groups is 1. The lowest BCUT2D eigenvalue weighted by atomic mass is 10.1. The predicted octanol–water partition coefficient (Wildman–Crippen LogP) is 4.32. The number of ketones is 1. The number of carbonyl (C=O) groups excluding carboxylic acids is 2. The Kier molecular flexibility index (Phi) is 8.51. The van der Waals surface area contributed by atoms with Crippen LogP contribution < -0.4 is 9.47 Å². The maximum Gasteiger partial charge on any atom is 0.316 e. The molecule has 0 atom stereocenters. The number of aromatic nitrogens is 3. The van der Waals surface area contributed by atoms with Crippen molar-refractivity contribution in [3.05, 3.63) is 65.7 Å². The van der Waals surface area contributed by atoms with Crippen LogP contribution in [0.2, 0.25) is 5.02 Å². The van der Waals surface area contributed by atoms with Crippen LogP contribution in [0.1, 0.15) is 10.4 Å². The molecule has 0 aliphatic rings. The fraction of sp³-hybridized carbons (Fsp3) is 0.217. The lowest BCUT2D eigenvalue weighted by Crippen LogP contribution is -2.16. The third-order valence-corrected chi connectivity index (χ3v) is 5.72. The van der Waals surface area contributed by atoms with E-state index in [0.717, 1.165) is 17.3 Å². The average molecular weight is 488 g/mol. The van der Waals surface area contributed by atoms with Gasteiger partial charge in [0.1, 0.15) is 11.5 Å². The molecule has 3 rings (SSSR count). The zero-order valence-corrected chi connectivity index (χ0v) is 19.7. The van der Waals surface area contributed by atoms with Crippen molar-refractivity contribution < 1.29 is 23.8 Å². The minimum Gasteiger partial charge on any atom is -0.497 e. The lowest BCUT2D eigenvalue weighted by molar-refractivity contribution is -0.139. The van der Waals surface area contributed by atoms with Gasteiger partial charge in [-0.1, -0.05) is 29.4 Å². The molecule has 0 saturated heterocycles. The van der Waals surface area contributed by atoms with E-state index in [0.29, 0.717) is 39.6 Å². The number of esters is 1. The molecule has 0 spiro atoms. The molecule has 2 aromatic carbocycles. The summed E-state index contributed by atoms with van der Waals surface area (Å²) in [5.74, 6) is 0.553. The van der Waals surface area contributed by atoms with Crippen LogP contribution >= 0.6 is 23.4 Å². The summed E-state index contributed by atoms with van der Waals surface area (Å²) in [7, 11) is 2.97. The molecule has 1 aromatic heterocycles. The number of benzene rings is 2. The van der Waals surface area contributed by atoms with Crippen LogP contribution in [0.25, 0.3) is 11.4 Å². The third-order valence-electron chi connectivity index (χ3n) is 4.52. The largest absolute Gasteiger partial charge is 0.497 e. The number of allylic oxidation sites excluding steroid dienone is 1. The summed E-state index contributed by atoms with van der Waals surface area (Å²) in [6.45, 7) is 3.82. The molecular weight excluding hydrogens is 466 g/mol. The highest BCUT2D eigenvalue weighted by molar-refractivity contribution is 7.99. The van der Waals surface area contributed by atoms with Crippen molar-refractivity contribution in [3.8, 4) is 22.9 Å². The molecule has 0 radical (unpaired) electrons. The number of rotatable bonds is 11. The van der Waals surface area contributed by atoms with Gasteiger partial charge in [0.2, 0.25) is 5.78 Å². The Morgan fingerprint density at radius 1 is 1.12 bits per heavy atom. The zero-order valence-electron chi connectivity index (χ0n) is 18.1. The Labute approximate surface area is 200 Å². The molecule has 0 saturated carbocycles. The second-order valence-electron chi connectivity index (χ2n) is 6.65. The topological polar surface area (TPSA) is 92.5 Å². The van der Waals surface area contributed by atoms with Gasteiger partial charge in [0.15, 0.2) is 17.6 Å². The minimum atomic E-state index is -0.554. The standard InChI is InChI=1S/C23H22ClN3O5S/c1-4-11-27-22(15-5-7-16(24)8-6-15)25-26-23(27)33-14-21(29)32-13-19(28)18-10-9-17(30-2)12-20(18)31-3/h4-10,12H,1,11,13-14H2,2-3H3. The van der Waals surface area contributed by atoms with Crippen LogP contribution in [0.5, 0.6) is 11.5 Å². The van der Waals surface area contributed by atoms with Gasteiger partial charge >= 0.3 is 5.97 Å². The van der Waals surface area contributed by atoms with Gasteiger partial charge in [0.05, 0.1) is 25.5 Å². The second-order valence-corrected chi connectivity index (χ2v) is 8.03. The van der Waals surface area contributed by atoms with Gasteiger partial charge in [-0.25, -0.2) is 0 Å². The minimum absolute atomic E-state index is 0.0388. The van der Waals surface area contributed by atoms with E-state index in [1.807, 2.05) is 16.7 Å². The second kappa shape index (κ2) is 11.5. The van der Waals surface area contributed by atoms with Crippen molar-refractivity contribution in [3.63, 3.8) is 0 Å². The highest BCUT2D eigenvalue weighted by atomic mass is 35.5. The van der Waals surface area contributed by atoms with Gasteiger partial charge in [-0.05, 0) is 36.4 Å². The van der Waals surface area contributed by atoms with E-state index < -0.39 is 12.6 Å². The van der Waals surface area contributed by atoms with Gasteiger partial charge < -0.3 is 14.2 Å². The fourth-order valence-corrected chi connectivity index (χ4v) is 3.79. The fourth-order valence-electron chi connectivity index (χ4n) is 2.92. The van der Waals surface area contributed by atoms with E-state index in [4.69, 9.17) is 25.8 Å². The Morgan fingerprint density at radius 2 is 1.88 bits per heavy atom. The predicted molar refractivity (Wildman–Crippen MR) is 126 cm³/mol. The summed E-state index contributed by atoms with van der Waals surface area (Å²) in [6, 6.07) is 12.0. The first-order chi connectivity index (χ1) is 16.0. The first-order valence-electron chi connectivity index (χ1n) is 9.80. The van der Waals surface area contributed by atoms with Crippen molar-refractivity contribution >= 4 is 35.1 Å². The molecule has 1 heterocycles. The molecule has 10 heteroatoms. The number of hydrogen-bond acceptors (Lipinski definition) is 8. The SMILES string of the molecule is C=CCn1c(SCC(=O)OCC(=O)c2ccc(OC)cc2OC)nnc1-c1ccc(Cl)cc1. The molecule has 172 valence electrons. The van der Waals surface area contributed by atoms with Crippen LogP contribution in [-0.2, 0) is 16.1 Å². The number of ether oxygens (including phenoxy) is 3. The molecule has 0 amide bonds. The van der Waals surface area contributed by atoms with Gasteiger partial charge in [0.25, 0.3) is 0 Å². The van der Waals surface area contributed by atoms with Gasteiger partial charge in [-0.15, -0.1) is 16.8 Å². The summed E-state index contributed by atoms with van der Waals surface area (Å²) in [4.78, 5) is 24.7. The van der Waals surface area contributed by atoms with E-state index in [1.165, 1.54) is 14.2 Å². The van der Waals surface area contributed by atoms with Crippen LogP contribution in [0.3, 0.4) is 0 Å². The highest BCUT2D eigenvalue weighted by Gasteiger charge is 2.18. The van der Waals surface area contributed by atoms with Gasteiger partial charge in [-0.3, -0.25) is 14.2 Å².